The molecule has 0 aliphatic rings. The Morgan fingerprint density at radius 3 is 2.38 bits per heavy atom. The molecule has 0 atom stereocenters. The van der Waals surface area contributed by atoms with Gasteiger partial charge in [-0.3, -0.25) is 10.1 Å². The Kier molecular flexibility index (Phi) is 5.40. The molecule has 0 bridgehead atoms. The van der Waals surface area contributed by atoms with Crippen LogP contribution in [-0.4, -0.2) is 17.4 Å². The number of rotatable bonds is 7. The van der Waals surface area contributed by atoms with E-state index >= 15 is 0 Å². The van der Waals surface area contributed by atoms with Crippen LogP contribution in [0.1, 0.15) is 6.42 Å². The smallest absolute Gasteiger partial charge is 0.311 e. The van der Waals surface area contributed by atoms with Gasteiger partial charge in [0.15, 0.2) is 0 Å². The zero-order valence-electron chi connectivity index (χ0n) is 11.2. The fraction of sp³-hybridized carbons (Fsp3) is 0.200. The van der Waals surface area contributed by atoms with Crippen molar-refractivity contribution in [1.82, 2.24) is 0 Å². The summed E-state index contributed by atoms with van der Waals surface area (Å²) in [6.45, 7) is 0.549. The molecule has 21 heavy (non-hydrogen) atoms. The molecule has 2 rings (SSSR count). The van der Waals surface area contributed by atoms with Crippen LogP contribution in [0.4, 0.5) is 5.69 Å². The number of hydrogen-bond donors (Lipinski definition) is 0. The topological polar surface area (TPSA) is 61.6 Å². The molecule has 0 saturated heterocycles. The van der Waals surface area contributed by atoms with Gasteiger partial charge in [-0.1, -0.05) is 12.1 Å². The summed E-state index contributed by atoms with van der Waals surface area (Å²) in [5.74, 6) is 1.97. The molecule has 0 saturated carbocycles. The monoisotopic (exact) mass is 307 g/mol. The number of halogens is 1. The molecule has 0 aromatic heterocycles. The summed E-state index contributed by atoms with van der Waals surface area (Å²) in [5.41, 5.74) is -0.0695. The predicted molar refractivity (Wildman–Crippen MR) is 80.4 cm³/mol. The van der Waals surface area contributed by atoms with Gasteiger partial charge in [-0.05, 0) is 36.8 Å². The van der Waals surface area contributed by atoms with Crippen molar-refractivity contribution in [1.29, 1.82) is 0 Å². The second kappa shape index (κ2) is 7.50. The Balaban J connectivity index is 2.05. The largest absolute Gasteiger partial charge is 0.494 e. The van der Waals surface area contributed by atoms with Gasteiger partial charge in [0.05, 0.1) is 11.5 Å². The van der Waals surface area contributed by atoms with Crippen molar-refractivity contribution >= 4 is 17.3 Å². The first kappa shape index (κ1) is 15.1. The predicted octanol–water partition coefficient (Wildman–Crippen LogP) is 4.39. The number of ether oxygens (including phenoxy) is 2. The lowest BCUT2D eigenvalue weighted by atomic mass is 10.3. The van der Waals surface area contributed by atoms with E-state index in [1.165, 1.54) is 6.07 Å². The highest BCUT2D eigenvalue weighted by Crippen LogP contribution is 2.31. The molecule has 5 nitrogen and oxygen atoms in total. The fourth-order valence-corrected chi connectivity index (χ4v) is 1.78. The lowest BCUT2D eigenvalue weighted by molar-refractivity contribution is -0.385. The number of nitro benzene ring substituents is 1. The van der Waals surface area contributed by atoms with Crippen molar-refractivity contribution in [2.45, 2.75) is 6.42 Å². The van der Waals surface area contributed by atoms with E-state index in [1.807, 2.05) is 0 Å². The molecule has 0 heterocycles. The van der Waals surface area contributed by atoms with Crippen LogP contribution in [0.25, 0.3) is 0 Å². The lowest BCUT2D eigenvalue weighted by Gasteiger charge is -2.08. The van der Waals surface area contributed by atoms with E-state index in [9.17, 15) is 10.1 Å². The summed E-state index contributed by atoms with van der Waals surface area (Å²) in [7, 11) is 0. The Morgan fingerprint density at radius 1 is 1.05 bits per heavy atom. The number of hydrogen-bond acceptors (Lipinski definition) is 4. The van der Waals surface area contributed by atoms with Gasteiger partial charge in [-0.2, -0.15) is 0 Å². The second-order valence-electron chi connectivity index (χ2n) is 4.19. The fourth-order valence-electron chi connectivity index (χ4n) is 1.67. The Bertz CT molecular complexity index is 601. The van der Waals surface area contributed by atoms with E-state index < -0.39 is 4.92 Å². The van der Waals surface area contributed by atoms with Crippen molar-refractivity contribution in [3.05, 3.63) is 58.6 Å². The van der Waals surface area contributed by atoms with E-state index in [0.29, 0.717) is 24.0 Å². The maximum absolute atomic E-state index is 10.9. The maximum Gasteiger partial charge on any atom is 0.311 e. The summed E-state index contributed by atoms with van der Waals surface area (Å²) in [6.07, 6.45) is 0.774. The number of alkyl halides is 1. The highest BCUT2D eigenvalue weighted by molar-refractivity contribution is 6.17. The van der Waals surface area contributed by atoms with E-state index in [1.54, 1.807) is 42.5 Å². The van der Waals surface area contributed by atoms with E-state index in [4.69, 9.17) is 21.1 Å². The third kappa shape index (κ3) is 4.36. The van der Waals surface area contributed by atoms with Crippen molar-refractivity contribution in [2.75, 3.05) is 12.5 Å². The van der Waals surface area contributed by atoms with Gasteiger partial charge in [0.25, 0.3) is 0 Å². The minimum atomic E-state index is -0.473. The molecule has 0 N–H and O–H groups in total. The minimum Gasteiger partial charge on any atom is -0.494 e. The molecule has 2 aromatic carbocycles. The van der Waals surface area contributed by atoms with Crippen LogP contribution in [0, 0.1) is 10.1 Å². The normalized spacial score (nSPS) is 10.1. The van der Waals surface area contributed by atoms with Gasteiger partial charge in [0, 0.05) is 11.9 Å². The van der Waals surface area contributed by atoms with Crippen LogP contribution in [0.5, 0.6) is 17.2 Å². The first-order valence-electron chi connectivity index (χ1n) is 6.41. The number of benzene rings is 2. The highest BCUT2D eigenvalue weighted by Gasteiger charge is 2.14. The van der Waals surface area contributed by atoms with Gasteiger partial charge in [0.2, 0.25) is 5.75 Å². The summed E-state index contributed by atoms with van der Waals surface area (Å²) in [4.78, 5) is 10.4. The average molecular weight is 308 g/mol. The van der Waals surface area contributed by atoms with Crippen molar-refractivity contribution < 1.29 is 14.4 Å². The second-order valence-corrected chi connectivity index (χ2v) is 4.57. The van der Waals surface area contributed by atoms with E-state index in [-0.39, 0.29) is 11.4 Å². The molecule has 6 heteroatoms. The van der Waals surface area contributed by atoms with Crippen molar-refractivity contribution in [3.63, 3.8) is 0 Å². The molecule has 0 aliphatic carbocycles. The van der Waals surface area contributed by atoms with Gasteiger partial charge in [0.1, 0.15) is 11.5 Å². The van der Waals surface area contributed by atoms with Gasteiger partial charge in [-0.25, -0.2) is 0 Å². The molecule has 0 aliphatic heterocycles. The third-order valence-corrected chi connectivity index (χ3v) is 2.93. The summed E-state index contributed by atoms with van der Waals surface area (Å²) in [5, 5.41) is 10.9. The molecule has 0 amide bonds. The van der Waals surface area contributed by atoms with E-state index in [0.717, 1.165) is 6.42 Å². The van der Waals surface area contributed by atoms with Crippen LogP contribution in [0.3, 0.4) is 0 Å². The van der Waals surface area contributed by atoms with Crippen molar-refractivity contribution in [2.24, 2.45) is 0 Å². The number of nitro groups is 1. The van der Waals surface area contributed by atoms with Crippen molar-refractivity contribution in [3.8, 4) is 17.2 Å². The highest BCUT2D eigenvalue weighted by atomic mass is 35.5. The number of para-hydroxylation sites is 2. The Hall–Kier alpha value is -2.27. The first-order valence-corrected chi connectivity index (χ1v) is 6.94. The molecule has 0 fully saturated rings. The quantitative estimate of drug-likeness (QED) is 0.329. The molecule has 0 unspecified atom stereocenters. The molecular formula is C15H14ClNO4. The SMILES string of the molecule is O=[N+]([O-])c1ccccc1Oc1ccc(OCCCCl)cc1. The molecule has 0 radical (unpaired) electrons. The van der Waals surface area contributed by atoms with Gasteiger partial charge in [-0.15, -0.1) is 11.6 Å². The van der Waals surface area contributed by atoms with Crippen LogP contribution < -0.4 is 9.47 Å². The zero-order valence-corrected chi connectivity index (χ0v) is 12.0. The first-order chi connectivity index (χ1) is 10.2. The van der Waals surface area contributed by atoms with Crippen LogP contribution >= 0.6 is 11.6 Å². The van der Waals surface area contributed by atoms with Crippen LogP contribution in [0.15, 0.2) is 48.5 Å². The Morgan fingerprint density at radius 2 is 1.71 bits per heavy atom. The summed E-state index contributed by atoms with van der Waals surface area (Å²) >= 11 is 5.57. The van der Waals surface area contributed by atoms with Gasteiger partial charge >= 0.3 is 5.69 Å². The standard InChI is InChI=1S/C15H14ClNO4/c16-10-3-11-20-12-6-8-13(9-7-12)21-15-5-2-1-4-14(15)17(18)19/h1-2,4-9H,3,10-11H2. The van der Waals surface area contributed by atoms with Crippen LogP contribution in [-0.2, 0) is 0 Å². The maximum atomic E-state index is 10.9. The zero-order chi connectivity index (χ0) is 15.1. The lowest BCUT2D eigenvalue weighted by Crippen LogP contribution is -1.97. The Labute approximate surface area is 127 Å². The minimum absolute atomic E-state index is 0.0695. The van der Waals surface area contributed by atoms with Gasteiger partial charge < -0.3 is 9.47 Å². The summed E-state index contributed by atoms with van der Waals surface area (Å²) < 4.78 is 11.0. The summed E-state index contributed by atoms with van der Waals surface area (Å²) in [6, 6.07) is 13.1. The van der Waals surface area contributed by atoms with Crippen LogP contribution in [0.2, 0.25) is 0 Å². The number of nitrogens with zero attached hydrogens (tertiary/aromatic N) is 1. The molecule has 110 valence electrons. The average Bonchev–Trinajstić information content (AvgIpc) is 2.50. The molecule has 2 aromatic rings. The third-order valence-electron chi connectivity index (χ3n) is 2.66. The molecule has 0 spiro atoms. The van der Waals surface area contributed by atoms with E-state index in [2.05, 4.69) is 0 Å². The molecular weight excluding hydrogens is 294 g/mol.